The molecule has 1 aromatic heterocycles. The Kier molecular flexibility index (Phi) is 7.64. The Balaban J connectivity index is 1.28. The van der Waals surface area contributed by atoms with Crippen LogP contribution in [-0.2, 0) is 9.59 Å². The fraction of sp³-hybridized carbons (Fsp3) is 0.320. The minimum Gasteiger partial charge on any atom is -0.497 e. The van der Waals surface area contributed by atoms with E-state index in [4.69, 9.17) is 14.2 Å². The van der Waals surface area contributed by atoms with Crippen LogP contribution >= 0.6 is 11.3 Å². The largest absolute Gasteiger partial charge is 0.497 e. The molecule has 8 nitrogen and oxygen atoms in total. The van der Waals surface area contributed by atoms with E-state index in [2.05, 4.69) is 10.3 Å². The van der Waals surface area contributed by atoms with Crippen molar-refractivity contribution in [2.45, 2.75) is 25.3 Å². The summed E-state index contributed by atoms with van der Waals surface area (Å²) >= 11 is 1.36. The van der Waals surface area contributed by atoms with Crippen molar-refractivity contribution in [1.82, 2.24) is 9.88 Å². The normalized spacial score (nSPS) is 12.6. The molecule has 1 aliphatic rings. The molecule has 0 unspecified atom stereocenters. The first-order valence-electron chi connectivity index (χ1n) is 11.0. The lowest BCUT2D eigenvalue weighted by molar-refractivity contribution is -0.134. The fourth-order valence-corrected chi connectivity index (χ4v) is 4.22. The lowest BCUT2D eigenvalue weighted by Crippen LogP contribution is -2.38. The average molecular weight is 482 g/mol. The summed E-state index contributed by atoms with van der Waals surface area (Å²) in [5.41, 5.74) is 1.73. The van der Waals surface area contributed by atoms with E-state index in [0.29, 0.717) is 23.2 Å². The number of carbonyl (C=O) groups excluding carboxylic acids is 2. The zero-order valence-electron chi connectivity index (χ0n) is 19.2. The van der Waals surface area contributed by atoms with Gasteiger partial charge in [-0.2, -0.15) is 0 Å². The molecule has 1 fully saturated rings. The Labute approximate surface area is 202 Å². The van der Waals surface area contributed by atoms with Gasteiger partial charge in [0.25, 0.3) is 5.91 Å². The van der Waals surface area contributed by atoms with Gasteiger partial charge in [0.2, 0.25) is 5.91 Å². The Morgan fingerprint density at radius 3 is 2.47 bits per heavy atom. The second-order valence-corrected chi connectivity index (χ2v) is 8.68. The van der Waals surface area contributed by atoms with Crippen LogP contribution in [0.2, 0.25) is 0 Å². The monoisotopic (exact) mass is 481 g/mol. The van der Waals surface area contributed by atoms with E-state index < -0.39 is 0 Å². The predicted molar refractivity (Wildman–Crippen MR) is 131 cm³/mol. The maximum Gasteiger partial charge on any atom is 0.260 e. The molecule has 0 saturated heterocycles. The van der Waals surface area contributed by atoms with E-state index >= 15 is 0 Å². The maximum absolute atomic E-state index is 12.8. The fourth-order valence-electron chi connectivity index (χ4n) is 3.49. The molecule has 1 aliphatic carbocycles. The van der Waals surface area contributed by atoms with E-state index in [9.17, 15) is 9.59 Å². The number of methoxy groups -OCH3 is 2. The smallest absolute Gasteiger partial charge is 0.260 e. The van der Waals surface area contributed by atoms with Crippen molar-refractivity contribution in [2.75, 3.05) is 32.7 Å². The second-order valence-electron chi connectivity index (χ2n) is 7.82. The molecular weight excluding hydrogens is 454 g/mol. The molecule has 2 amide bonds. The number of anilines is 1. The minimum atomic E-state index is -0.181. The molecule has 0 atom stereocenters. The first-order chi connectivity index (χ1) is 16.6. The summed E-state index contributed by atoms with van der Waals surface area (Å²) in [4.78, 5) is 31.5. The number of thiazole rings is 1. The van der Waals surface area contributed by atoms with Gasteiger partial charge in [-0.25, -0.2) is 4.98 Å². The first kappa shape index (κ1) is 23.6. The van der Waals surface area contributed by atoms with Crippen LogP contribution in [0.3, 0.4) is 0 Å². The third-order valence-electron chi connectivity index (χ3n) is 5.44. The molecule has 1 N–H and O–H groups in total. The van der Waals surface area contributed by atoms with Crippen LogP contribution in [0.25, 0.3) is 11.3 Å². The number of aromatic nitrogens is 1. The van der Waals surface area contributed by atoms with Crippen LogP contribution in [-0.4, -0.2) is 55.1 Å². The number of para-hydroxylation sites is 2. The van der Waals surface area contributed by atoms with Gasteiger partial charge in [0.05, 0.1) is 19.9 Å². The molecule has 1 saturated carbocycles. The maximum atomic E-state index is 12.8. The van der Waals surface area contributed by atoms with Crippen molar-refractivity contribution >= 4 is 28.3 Å². The molecule has 9 heteroatoms. The third-order valence-corrected chi connectivity index (χ3v) is 6.20. The predicted octanol–water partition coefficient (Wildman–Crippen LogP) is 4.23. The number of nitrogens with zero attached hydrogens (tertiary/aromatic N) is 2. The molecule has 0 aliphatic heterocycles. The van der Waals surface area contributed by atoms with E-state index in [0.717, 1.165) is 29.8 Å². The van der Waals surface area contributed by atoms with Crippen LogP contribution in [0.5, 0.6) is 17.2 Å². The van der Waals surface area contributed by atoms with E-state index in [1.807, 2.05) is 41.8 Å². The highest BCUT2D eigenvalue weighted by Gasteiger charge is 2.33. The Bertz CT molecular complexity index is 1130. The van der Waals surface area contributed by atoms with Crippen molar-refractivity contribution in [1.29, 1.82) is 0 Å². The van der Waals surface area contributed by atoms with Crippen LogP contribution in [0, 0.1) is 0 Å². The van der Waals surface area contributed by atoms with Crippen LogP contribution in [0.15, 0.2) is 53.9 Å². The number of ether oxygens (including phenoxy) is 3. The molecule has 1 heterocycles. The standard InChI is InChI=1S/C25H27N3O5S/c1-31-19-11-7-17(8-12-19)20-16-34-25(26-20)27-23(29)13-14-28(18-9-10-18)24(30)15-33-22-6-4-3-5-21(22)32-2/h3-8,11-12,16,18H,9-10,13-15H2,1-2H3,(H,26,27,29). The third kappa shape index (κ3) is 6.05. The number of rotatable bonds is 11. The lowest BCUT2D eigenvalue weighted by Gasteiger charge is -2.22. The van der Waals surface area contributed by atoms with E-state index in [1.54, 1.807) is 31.3 Å². The number of benzene rings is 2. The van der Waals surface area contributed by atoms with Crippen LogP contribution in [0.4, 0.5) is 5.13 Å². The summed E-state index contributed by atoms with van der Waals surface area (Å²) in [6, 6.07) is 15.0. The molecule has 0 radical (unpaired) electrons. The quantitative estimate of drug-likeness (QED) is 0.441. The highest BCUT2D eigenvalue weighted by molar-refractivity contribution is 7.14. The molecule has 2 aromatic carbocycles. The first-order valence-corrected chi connectivity index (χ1v) is 11.9. The molecule has 0 bridgehead atoms. The summed E-state index contributed by atoms with van der Waals surface area (Å²) in [6.07, 6.45) is 2.08. The van der Waals surface area contributed by atoms with Gasteiger partial charge in [0.1, 0.15) is 5.75 Å². The molecule has 178 valence electrons. The highest BCUT2D eigenvalue weighted by atomic mass is 32.1. The van der Waals surface area contributed by atoms with Gasteiger partial charge in [-0.1, -0.05) is 12.1 Å². The number of hydrogen-bond acceptors (Lipinski definition) is 7. The summed E-state index contributed by atoms with van der Waals surface area (Å²) in [7, 11) is 3.18. The van der Waals surface area contributed by atoms with Gasteiger partial charge in [-0.15, -0.1) is 11.3 Å². The van der Waals surface area contributed by atoms with Gasteiger partial charge in [-0.3, -0.25) is 9.59 Å². The molecule has 0 spiro atoms. The summed E-state index contributed by atoms with van der Waals surface area (Å²) in [5.74, 6) is 1.54. The van der Waals surface area contributed by atoms with Crippen molar-refractivity contribution in [2.24, 2.45) is 0 Å². The average Bonchev–Trinajstić information content (AvgIpc) is 3.60. The van der Waals surface area contributed by atoms with Crippen molar-refractivity contribution < 1.29 is 23.8 Å². The van der Waals surface area contributed by atoms with Gasteiger partial charge >= 0.3 is 0 Å². The van der Waals surface area contributed by atoms with Crippen LogP contribution in [0.1, 0.15) is 19.3 Å². The van der Waals surface area contributed by atoms with E-state index in [-0.39, 0.29) is 30.9 Å². The van der Waals surface area contributed by atoms with Crippen molar-refractivity contribution in [3.8, 4) is 28.5 Å². The SMILES string of the molecule is COc1ccc(-c2csc(NC(=O)CCN(C(=O)COc3ccccc3OC)C3CC3)n2)cc1. The van der Waals surface area contributed by atoms with Crippen LogP contribution < -0.4 is 19.5 Å². The summed E-state index contributed by atoms with van der Waals surface area (Å²) in [5, 5.41) is 5.26. The van der Waals surface area contributed by atoms with Gasteiger partial charge < -0.3 is 24.4 Å². The Morgan fingerprint density at radius 2 is 1.79 bits per heavy atom. The lowest BCUT2D eigenvalue weighted by atomic mass is 10.2. The Morgan fingerprint density at radius 1 is 1.06 bits per heavy atom. The van der Waals surface area contributed by atoms with Gasteiger partial charge in [0.15, 0.2) is 23.2 Å². The minimum absolute atomic E-state index is 0.101. The summed E-state index contributed by atoms with van der Waals surface area (Å²) in [6.45, 7) is 0.234. The summed E-state index contributed by atoms with van der Waals surface area (Å²) < 4.78 is 16.1. The highest BCUT2D eigenvalue weighted by Crippen LogP contribution is 2.29. The molecular formula is C25H27N3O5S. The number of carbonyl (C=O) groups is 2. The van der Waals surface area contributed by atoms with Gasteiger partial charge in [-0.05, 0) is 49.2 Å². The second kappa shape index (κ2) is 11.0. The number of amides is 2. The van der Waals surface area contributed by atoms with E-state index in [1.165, 1.54) is 11.3 Å². The molecule has 3 aromatic rings. The Hall–Kier alpha value is -3.59. The zero-order valence-corrected chi connectivity index (χ0v) is 20.0. The number of hydrogen-bond donors (Lipinski definition) is 1. The topological polar surface area (TPSA) is 90.0 Å². The van der Waals surface area contributed by atoms with Gasteiger partial charge in [0, 0.05) is 30.0 Å². The molecule has 34 heavy (non-hydrogen) atoms. The van der Waals surface area contributed by atoms with Crippen molar-refractivity contribution in [3.05, 3.63) is 53.9 Å². The van der Waals surface area contributed by atoms with Crippen molar-refractivity contribution in [3.63, 3.8) is 0 Å². The molecule has 4 rings (SSSR count). The zero-order chi connectivity index (χ0) is 23.9. The number of nitrogens with one attached hydrogen (secondary N) is 1.